The summed E-state index contributed by atoms with van der Waals surface area (Å²) in [4.78, 5) is 12.1. The molecule has 0 saturated heterocycles. The van der Waals surface area contributed by atoms with E-state index in [0.717, 1.165) is 36.9 Å². The predicted molar refractivity (Wildman–Crippen MR) is 87.8 cm³/mol. The smallest absolute Gasteiger partial charge is 0.359 e. The second-order valence-electron chi connectivity index (χ2n) is 5.10. The summed E-state index contributed by atoms with van der Waals surface area (Å²) in [5.74, 6) is -0.360. The van der Waals surface area contributed by atoms with Gasteiger partial charge in [0, 0.05) is 16.8 Å². The summed E-state index contributed by atoms with van der Waals surface area (Å²) < 4.78 is 6.82. The van der Waals surface area contributed by atoms with E-state index in [9.17, 15) is 4.79 Å². The minimum absolute atomic E-state index is 0.348. The molecule has 0 aliphatic rings. The number of ether oxygens (including phenoxy) is 1. The van der Waals surface area contributed by atoms with E-state index in [0.29, 0.717) is 17.3 Å². The zero-order valence-corrected chi connectivity index (χ0v) is 13.8. The number of carbonyl (C=O) groups is 1. The first-order valence-electron chi connectivity index (χ1n) is 7.67. The maximum Gasteiger partial charge on any atom is 0.359 e. The Morgan fingerprint density at radius 1 is 1.23 bits per heavy atom. The van der Waals surface area contributed by atoms with E-state index >= 15 is 0 Å². The molecule has 4 nitrogen and oxygen atoms in total. The zero-order chi connectivity index (χ0) is 15.9. The summed E-state index contributed by atoms with van der Waals surface area (Å²) in [6, 6.07) is 7.36. The summed E-state index contributed by atoms with van der Waals surface area (Å²) in [6.45, 7) is 4.30. The molecule has 0 unspecified atom stereocenters. The van der Waals surface area contributed by atoms with E-state index in [1.54, 1.807) is 23.7 Å². The molecular formula is C17H21ClN2O2. The minimum Gasteiger partial charge on any atom is -0.461 e. The lowest BCUT2D eigenvalue weighted by Crippen LogP contribution is -2.08. The van der Waals surface area contributed by atoms with Gasteiger partial charge in [-0.3, -0.25) is 0 Å². The molecule has 1 heterocycles. The number of hydrogen-bond donors (Lipinski definition) is 0. The minimum atomic E-state index is -0.360. The number of esters is 1. The Bertz CT molecular complexity index is 620. The van der Waals surface area contributed by atoms with Gasteiger partial charge in [-0.25, -0.2) is 9.48 Å². The Hall–Kier alpha value is -1.81. The van der Waals surface area contributed by atoms with Gasteiger partial charge in [0.25, 0.3) is 0 Å². The Morgan fingerprint density at radius 3 is 2.59 bits per heavy atom. The van der Waals surface area contributed by atoms with Gasteiger partial charge in [-0.1, -0.05) is 31.4 Å². The van der Waals surface area contributed by atoms with Crippen molar-refractivity contribution in [3.05, 3.63) is 46.7 Å². The van der Waals surface area contributed by atoms with E-state index in [1.165, 1.54) is 0 Å². The summed E-state index contributed by atoms with van der Waals surface area (Å²) in [7, 11) is 0. The van der Waals surface area contributed by atoms with Crippen LogP contribution in [-0.4, -0.2) is 22.4 Å². The number of rotatable bonds is 7. The molecule has 1 aromatic heterocycles. The number of hydrogen-bond acceptors (Lipinski definition) is 3. The maximum absolute atomic E-state index is 12.1. The van der Waals surface area contributed by atoms with Crippen molar-refractivity contribution < 1.29 is 9.53 Å². The number of carbonyl (C=O) groups excluding carboxylic acids is 1. The van der Waals surface area contributed by atoms with Crippen LogP contribution >= 0.6 is 11.6 Å². The van der Waals surface area contributed by atoms with Crippen LogP contribution in [0.5, 0.6) is 0 Å². The fourth-order valence-corrected chi connectivity index (χ4v) is 2.38. The fraction of sp³-hybridized carbons (Fsp3) is 0.412. The highest BCUT2D eigenvalue weighted by molar-refractivity contribution is 6.30. The predicted octanol–water partition coefficient (Wildman–Crippen LogP) is 4.44. The molecule has 0 aliphatic heterocycles. The average molecular weight is 321 g/mol. The molecule has 2 rings (SSSR count). The maximum atomic E-state index is 12.1. The van der Waals surface area contributed by atoms with Crippen molar-refractivity contribution in [3.8, 4) is 5.69 Å². The monoisotopic (exact) mass is 320 g/mol. The Labute approximate surface area is 136 Å². The summed E-state index contributed by atoms with van der Waals surface area (Å²) in [6.07, 6.45) is 6.05. The van der Waals surface area contributed by atoms with Crippen LogP contribution in [0.15, 0.2) is 30.5 Å². The third-order valence-corrected chi connectivity index (χ3v) is 3.65. The standard InChI is InChI=1S/C17H21ClN2O2/c1-3-5-6-7-13-12-20(15-10-8-14(18)9-11-15)19-16(13)17(21)22-4-2/h8-12H,3-7H2,1-2H3. The SMILES string of the molecule is CCCCCc1cn(-c2ccc(Cl)cc2)nc1C(=O)OCC. The van der Waals surface area contributed by atoms with Crippen LogP contribution in [0.2, 0.25) is 5.02 Å². The van der Waals surface area contributed by atoms with E-state index in [-0.39, 0.29) is 5.97 Å². The third kappa shape index (κ3) is 4.10. The quantitative estimate of drug-likeness (QED) is 0.559. The van der Waals surface area contributed by atoms with Crippen molar-refractivity contribution in [1.29, 1.82) is 0 Å². The van der Waals surface area contributed by atoms with Crippen LogP contribution in [0.25, 0.3) is 5.69 Å². The number of aromatic nitrogens is 2. The normalized spacial score (nSPS) is 10.7. The molecule has 5 heteroatoms. The molecule has 0 aliphatic carbocycles. The highest BCUT2D eigenvalue weighted by Gasteiger charge is 2.18. The average Bonchev–Trinajstić information content (AvgIpc) is 2.93. The van der Waals surface area contributed by atoms with E-state index in [1.807, 2.05) is 18.3 Å². The Balaban J connectivity index is 2.29. The van der Waals surface area contributed by atoms with Crippen LogP contribution < -0.4 is 0 Å². The van der Waals surface area contributed by atoms with Gasteiger partial charge in [-0.05, 0) is 44.0 Å². The van der Waals surface area contributed by atoms with Crippen LogP contribution in [0.3, 0.4) is 0 Å². The second kappa shape index (κ2) is 7.99. The van der Waals surface area contributed by atoms with Gasteiger partial charge >= 0.3 is 5.97 Å². The molecule has 0 atom stereocenters. The lowest BCUT2D eigenvalue weighted by atomic mass is 10.1. The molecule has 0 fully saturated rings. The van der Waals surface area contributed by atoms with Gasteiger partial charge in [0.15, 0.2) is 5.69 Å². The summed E-state index contributed by atoms with van der Waals surface area (Å²) in [5.41, 5.74) is 2.21. The summed E-state index contributed by atoms with van der Waals surface area (Å²) in [5, 5.41) is 5.08. The van der Waals surface area contributed by atoms with Crippen LogP contribution in [0.4, 0.5) is 0 Å². The lowest BCUT2D eigenvalue weighted by molar-refractivity contribution is 0.0517. The molecule has 22 heavy (non-hydrogen) atoms. The van der Waals surface area contributed by atoms with Gasteiger partial charge in [-0.2, -0.15) is 5.10 Å². The van der Waals surface area contributed by atoms with Crippen molar-refractivity contribution in [2.24, 2.45) is 0 Å². The van der Waals surface area contributed by atoms with Crippen molar-refractivity contribution in [3.63, 3.8) is 0 Å². The Morgan fingerprint density at radius 2 is 1.95 bits per heavy atom. The molecule has 0 bridgehead atoms. The van der Waals surface area contributed by atoms with Gasteiger partial charge in [0.2, 0.25) is 0 Å². The molecule has 0 spiro atoms. The molecule has 0 amide bonds. The number of unbranched alkanes of at least 4 members (excludes halogenated alkanes) is 2. The molecule has 0 N–H and O–H groups in total. The van der Waals surface area contributed by atoms with Gasteiger partial charge < -0.3 is 4.74 Å². The highest BCUT2D eigenvalue weighted by Crippen LogP contribution is 2.18. The van der Waals surface area contributed by atoms with E-state index in [2.05, 4.69) is 12.0 Å². The van der Waals surface area contributed by atoms with Crippen molar-refractivity contribution in [2.75, 3.05) is 6.61 Å². The van der Waals surface area contributed by atoms with Gasteiger partial charge in [0.05, 0.1) is 12.3 Å². The van der Waals surface area contributed by atoms with Crippen LogP contribution in [-0.2, 0) is 11.2 Å². The van der Waals surface area contributed by atoms with E-state index < -0.39 is 0 Å². The number of nitrogens with zero attached hydrogens (tertiary/aromatic N) is 2. The van der Waals surface area contributed by atoms with Gasteiger partial charge in [0.1, 0.15) is 0 Å². The first kappa shape index (κ1) is 16.6. The van der Waals surface area contributed by atoms with Gasteiger partial charge in [-0.15, -0.1) is 0 Å². The van der Waals surface area contributed by atoms with E-state index in [4.69, 9.17) is 16.3 Å². The first-order valence-corrected chi connectivity index (χ1v) is 8.05. The highest BCUT2D eigenvalue weighted by atomic mass is 35.5. The number of halogens is 1. The number of benzene rings is 1. The van der Waals surface area contributed by atoms with Crippen molar-refractivity contribution in [1.82, 2.24) is 9.78 Å². The van der Waals surface area contributed by atoms with Crippen LogP contribution in [0.1, 0.15) is 49.2 Å². The molecule has 118 valence electrons. The molecule has 0 saturated carbocycles. The topological polar surface area (TPSA) is 44.1 Å². The summed E-state index contributed by atoms with van der Waals surface area (Å²) >= 11 is 5.91. The molecule has 1 aromatic carbocycles. The molecule has 2 aromatic rings. The lowest BCUT2D eigenvalue weighted by Gasteiger charge is -2.01. The van der Waals surface area contributed by atoms with Crippen LogP contribution in [0, 0.1) is 0 Å². The second-order valence-corrected chi connectivity index (χ2v) is 5.54. The largest absolute Gasteiger partial charge is 0.461 e. The first-order chi connectivity index (χ1) is 10.7. The molecular weight excluding hydrogens is 300 g/mol. The fourth-order valence-electron chi connectivity index (χ4n) is 2.26. The van der Waals surface area contributed by atoms with Crippen molar-refractivity contribution in [2.45, 2.75) is 39.5 Å². The number of aryl methyl sites for hydroxylation is 1. The molecule has 0 radical (unpaired) electrons. The Kier molecular flexibility index (Phi) is 6.01. The zero-order valence-electron chi connectivity index (χ0n) is 13.0. The van der Waals surface area contributed by atoms with Crippen molar-refractivity contribution >= 4 is 17.6 Å². The third-order valence-electron chi connectivity index (χ3n) is 3.40.